The molecule has 118 valence electrons. The van der Waals surface area contributed by atoms with E-state index >= 15 is 0 Å². The highest BCUT2D eigenvalue weighted by atomic mass is 16.5. The number of rotatable bonds is 5. The third-order valence-corrected chi connectivity index (χ3v) is 3.60. The Labute approximate surface area is 134 Å². The third kappa shape index (κ3) is 3.02. The lowest BCUT2D eigenvalue weighted by Crippen LogP contribution is -2.14. The van der Waals surface area contributed by atoms with Crippen molar-refractivity contribution in [3.05, 3.63) is 59.9 Å². The van der Waals surface area contributed by atoms with Crippen molar-refractivity contribution >= 4 is 0 Å². The molecule has 0 unspecified atom stereocenters. The molecule has 2 aromatic carbocycles. The second kappa shape index (κ2) is 6.50. The molecule has 1 atom stereocenters. The van der Waals surface area contributed by atoms with E-state index in [-0.39, 0.29) is 0 Å². The summed E-state index contributed by atoms with van der Waals surface area (Å²) in [4.78, 5) is 4.49. The van der Waals surface area contributed by atoms with Gasteiger partial charge in [0, 0.05) is 5.56 Å². The summed E-state index contributed by atoms with van der Waals surface area (Å²) in [5, 5.41) is 7.15. The summed E-state index contributed by atoms with van der Waals surface area (Å²) in [6, 6.07) is 14.9. The second-order valence-electron chi connectivity index (χ2n) is 5.00. The van der Waals surface area contributed by atoms with Crippen molar-refractivity contribution in [3.8, 4) is 22.9 Å². The van der Waals surface area contributed by atoms with Gasteiger partial charge in [0.2, 0.25) is 0 Å². The van der Waals surface area contributed by atoms with Crippen LogP contribution in [0.4, 0.5) is 0 Å². The highest BCUT2D eigenvalue weighted by Gasteiger charge is 2.16. The minimum absolute atomic E-state index is 0.431. The molecule has 3 aromatic rings. The Hall–Kier alpha value is -2.86. The Morgan fingerprint density at radius 2 is 1.74 bits per heavy atom. The molecule has 0 saturated carbocycles. The molecule has 6 nitrogen and oxygen atoms in total. The summed E-state index contributed by atoms with van der Waals surface area (Å²) in [5.74, 6) is 2.50. The number of ether oxygens (including phenoxy) is 2. The van der Waals surface area contributed by atoms with Gasteiger partial charge in [0.05, 0.1) is 20.3 Å². The first-order chi connectivity index (χ1) is 11.2. The first-order valence-electron chi connectivity index (χ1n) is 7.18. The number of aromatic amines is 1. The van der Waals surface area contributed by atoms with Gasteiger partial charge in [-0.05, 0) is 17.7 Å². The lowest BCUT2D eigenvalue weighted by Gasteiger charge is -2.12. The Bertz CT molecular complexity index is 786. The standard InChI is InChI=1S/C17H18N4O2/c1-22-13-9-8-12(10-14(13)23-2)15(18)17-19-16(20-21-17)11-6-4-3-5-7-11/h3-10,15H,18H2,1-2H3,(H,19,20,21)/t15-/m0/s1. The SMILES string of the molecule is COc1ccc([C@H](N)c2nc(-c3ccccc3)n[nH]2)cc1OC. The number of nitrogens with two attached hydrogens (primary N) is 1. The van der Waals surface area contributed by atoms with Gasteiger partial charge >= 0.3 is 0 Å². The zero-order chi connectivity index (χ0) is 16.2. The van der Waals surface area contributed by atoms with Crippen LogP contribution in [-0.2, 0) is 0 Å². The van der Waals surface area contributed by atoms with Crippen LogP contribution in [0.2, 0.25) is 0 Å². The fourth-order valence-electron chi connectivity index (χ4n) is 2.33. The average Bonchev–Trinajstić information content (AvgIpc) is 3.11. The smallest absolute Gasteiger partial charge is 0.181 e. The lowest BCUT2D eigenvalue weighted by atomic mass is 10.1. The molecule has 1 aromatic heterocycles. The maximum atomic E-state index is 6.29. The number of nitrogens with one attached hydrogen (secondary N) is 1. The first kappa shape index (κ1) is 15.1. The highest BCUT2D eigenvalue weighted by molar-refractivity contribution is 5.54. The number of hydrogen-bond donors (Lipinski definition) is 2. The van der Waals surface area contributed by atoms with E-state index in [1.54, 1.807) is 14.2 Å². The zero-order valence-electron chi connectivity index (χ0n) is 13.0. The van der Waals surface area contributed by atoms with E-state index in [4.69, 9.17) is 15.2 Å². The van der Waals surface area contributed by atoms with Crippen LogP contribution < -0.4 is 15.2 Å². The summed E-state index contributed by atoms with van der Waals surface area (Å²) in [6.45, 7) is 0. The lowest BCUT2D eigenvalue weighted by molar-refractivity contribution is 0.354. The normalized spacial score (nSPS) is 12.0. The van der Waals surface area contributed by atoms with Crippen molar-refractivity contribution < 1.29 is 9.47 Å². The molecule has 0 amide bonds. The van der Waals surface area contributed by atoms with Gasteiger partial charge in [0.15, 0.2) is 17.3 Å². The highest BCUT2D eigenvalue weighted by Crippen LogP contribution is 2.30. The molecule has 6 heteroatoms. The Morgan fingerprint density at radius 3 is 2.43 bits per heavy atom. The van der Waals surface area contributed by atoms with Crippen LogP contribution in [0.1, 0.15) is 17.4 Å². The van der Waals surface area contributed by atoms with Crippen molar-refractivity contribution in [2.45, 2.75) is 6.04 Å². The van der Waals surface area contributed by atoms with Crippen LogP contribution in [0.15, 0.2) is 48.5 Å². The summed E-state index contributed by atoms with van der Waals surface area (Å²) < 4.78 is 10.5. The Balaban J connectivity index is 1.89. The molecular formula is C17H18N4O2. The van der Waals surface area contributed by atoms with Crippen LogP contribution in [0.25, 0.3) is 11.4 Å². The molecular weight excluding hydrogens is 292 g/mol. The van der Waals surface area contributed by atoms with E-state index in [1.807, 2.05) is 48.5 Å². The number of aromatic nitrogens is 3. The molecule has 1 heterocycles. The predicted molar refractivity (Wildman–Crippen MR) is 87.4 cm³/mol. The van der Waals surface area contributed by atoms with Gasteiger partial charge in [-0.1, -0.05) is 36.4 Å². The largest absolute Gasteiger partial charge is 0.493 e. The van der Waals surface area contributed by atoms with Crippen LogP contribution in [0.5, 0.6) is 11.5 Å². The van der Waals surface area contributed by atoms with Gasteiger partial charge in [-0.2, -0.15) is 5.10 Å². The molecule has 0 bridgehead atoms. The molecule has 0 fully saturated rings. The average molecular weight is 310 g/mol. The predicted octanol–water partition coefficient (Wildman–Crippen LogP) is 2.54. The Kier molecular flexibility index (Phi) is 4.25. The van der Waals surface area contributed by atoms with Gasteiger partial charge in [-0.15, -0.1) is 0 Å². The second-order valence-corrected chi connectivity index (χ2v) is 5.00. The molecule has 0 spiro atoms. The molecule has 3 N–H and O–H groups in total. The first-order valence-corrected chi connectivity index (χ1v) is 7.18. The Morgan fingerprint density at radius 1 is 1.00 bits per heavy atom. The maximum absolute atomic E-state index is 6.29. The molecule has 0 aliphatic heterocycles. The van der Waals surface area contributed by atoms with E-state index in [0.29, 0.717) is 23.1 Å². The number of nitrogens with zero attached hydrogens (tertiary/aromatic N) is 2. The maximum Gasteiger partial charge on any atom is 0.181 e. The van der Waals surface area contributed by atoms with E-state index in [9.17, 15) is 0 Å². The van der Waals surface area contributed by atoms with Crippen molar-refractivity contribution in [2.24, 2.45) is 5.73 Å². The fourth-order valence-corrected chi connectivity index (χ4v) is 2.33. The molecule has 3 rings (SSSR count). The van der Waals surface area contributed by atoms with Gasteiger partial charge in [0.1, 0.15) is 5.82 Å². The fraction of sp³-hybridized carbons (Fsp3) is 0.176. The third-order valence-electron chi connectivity index (χ3n) is 3.60. The number of benzene rings is 2. The number of hydrogen-bond acceptors (Lipinski definition) is 5. The van der Waals surface area contributed by atoms with Crippen molar-refractivity contribution in [3.63, 3.8) is 0 Å². The molecule has 23 heavy (non-hydrogen) atoms. The molecule has 0 saturated heterocycles. The minimum atomic E-state index is -0.431. The summed E-state index contributed by atoms with van der Waals surface area (Å²) in [6.07, 6.45) is 0. The minimum Gasteiger partial charge on any atom is -0.493 e. The topological polar surface area (TPSA) is 86.0 Å². The number of H-pyrrole nitrogens is 1. The van der Waals surface area contributed by atoms with E-state index < -0.39 is 6.04 Å². The molecule has 0 aliphatic carbocycles. The summed E-state index contributed by atoms with van der Waals surface area (Å²) in [7, 11) is 3.19. The van der Waals surface area contributed by atoms with Crippen molar-refractivity contribution in [2.75, 3.05) is 14.2 Å². The van der Waals surface area contributed by atoms with E-state index in [2.05, 4.69) is 15.2 Å². The van der Waals surface area contributed by atoms with E-state index in [1.165, 1.54) is 0 Å². The monoisotopic (exact) mass is 310 g/mol. The summed E-state index contributed by atoms with van der Waals surface area (Å²) in [5.41, 5.74) is 8.09. The van der Waals surface area contributed by atoms with Crippen LogP contribution in [0, 0.1) is 0 Å². The van der Waals surface area contributed by atoms with Crippen molar-refractivity contribution in [1.82, 2.24) is 15.2 Å². The van der Waals surface area contributed by atoms with Gasteiger partial charge in [0.25, 0.3) is 0 Å². The van der Waals surface area contributed by atoms with Gasteiger partial charge in [-0.25, -0.2) is 4.98 Å². The van der Waals surface area contributed by atoms with Gasteiger partial charge in [-0.3, -0.25) is 5.10 Å². The summed E-state index contributed by atoms with van der Waals surface area (Å²) >= 11 is 0. The van der Waals surface area contributed by atoms with Crippen LogP contribution in [-0.4, -0.2) is 29.4 Å². The van der Waals surface area contributed by atoms with Crippen molar-refractivity contribution in [1.29, 1.82) is 0 Å². The van der Waals surface area contributed by atoms with E-state index in [0.717, 1.165) is 11.1 Å². The van der Waals surface area contributed by atoms with Crippen LogP contribution >= 0.6 is 0 Å². The quantitative estimate of drug-likeness (QED) is 0.756. The van der Waals surface area contributed by atoms with Crippen LogP contribution in [0.3, 0.4) is 0 Å². The molecule has 0 radical (unpaired) electrons. The molecule has 0 aliphatic rings. The number of methoxy groups -OCH3 is 2. The zero-order valence-corrected chi connectivity index (χ0v) is 13.0. The van der Waals surface area contributed by atoms with Gasteiger partial charge < -0.3 is 15.2 Å².